The number of aliphatic hydroxyl groups excluding tert-OH is 1. The molecule has 2 aliphatic heterocycles. The lowest BCUT2D eigenvalue weighted by Crippen LogP contribution is -2.38. The van der Waals surface area contributed by atoms with Gasteiger partial charge in [-0.15, -0.1) is 20.2 Å². The monoisotopic (exact) mass is 397 g/mol. The molecule has 27 heavy (non-hydrogen) atoms. The molecule has 0 bridgehead atoms. The molecule has 0 spiro atoms. The van der Waals surface area contributed by atoms with Crippen molar-refractivity contribution in [2.75, 3.05) is 39.6 Å². The van der Waals surface area contributed by atoms with E-state index in [4.69, 9.17) is 18.9 Å². The third-order valence-electron chi connectivity index (χ3n) is 3.66. The average molecular weight is 397 g/mol. The van der Waals surface area contributed by atoms with Crippen LogP contribution < -0.4 is 5.32 Å². The summed E-state index contributed by atoms with van der Waals surface area (Å²) in [6, 6.07) is 0. The first kappa shape index (κ1) is 20.8. The summed E-state index contributed by atoms with van der Waals surface area (Å²) < 4.78 is 20.8. The number of alkyl carbamates (subject to hydrolysis) is 1. The van der Waals surface area contributed by atoms with E-state index in [1.54, 1.807) is 0 Å². The first-order chi connectivity index (χ1) is 12.9. The van der Waals surface area contributed by atoms with Gasteiger partial charge in [0, 0.05) is 6.54 Å². The maximum Gasteiger partial charge on any atom is 0.407 e. The number of nitrogens with one attached hydrogen (secondary N) is 1. The summed E-state index contributed by atoms with van der Waals surface area (Å²) in [5.41, 5.74) is 0. The summed E-state index contributed by atoms with van der Waals surface area (Å²) in [7, 11) is 0. The van der Waals surface area contributed by atoms with Crippen LogP contribution in [0.3, 0.4) is 0 Å². The van der Waals surface area contributed by atoms with Gasteiger partial charge in [0.1, 0.15) is 24.9 Å². The number of carbonyl (C=O) groups is 1. The molecule has 1 unspecified atom stereocenters. The third kappa shape index (κ3) is 6.63. The fraction of sp³-hybridized carbons (Fsp3) is 0.917. The van der Waals surface area contributed by atoms with E-state index in [0.717, 1.165) is 0 Å². The van der Waals surface area contributed by atoms with Crippen molar-refractivity contribution in [3.05, 3.63) is 20.2 Å². The van der Waals surface area contributed by atoms with Crippen LogP contribution >= 0.6 is 0 Å². The smallest absolute Gasteiger partial charge is 0.407 e. The van der Waals surface area contributed by atoms with E-state index in [1.807, 2.05) is 0 Å². The second-order valence-electron chi connectivity index (χ2n) is 5.58. The highest BCUT2D eigenvalue weighted by atomic mass is 17.0. The molecule has 2 rings (SSSR count). The quantitative estimate of drug-likeness (QED) is 0.223. The third-order valence-corrected chi connectivity index (χ3v) is 3.66. The average Bonchev–Trinajstić information content (AvgIpc) is 3.15. The molecule has 0 aromatic rings. The SMILES string of the molecule is O=C(NCCOCC(CO[N+](=O)[O-])O[N+](=O)[O-])O[C@@H]1CO[C@H]2[C@@H]1OC[C@H]2O. The van der Waals surface area contributed by atoms with Crippen molar-refractivity contribution >= 4 is 6.09 Å². The van der Waals surface area contributed by atoms with E-state index in [0.29, 0.717) is 0 Å². The molecule has 154 valence electrons. The Bertz CT molecular complexity index is 534. The lowest BCUT2D eigenvalue weighted by atomic mass is 10.1. The summed E-state index contributed by atoms with van der Waals surface area (Å²) in [6.07, 6.45) is -4.50. The summed E-state index contributed by atoms with van der Waals surface area (Å²) in [5.74, 6) is 0. The number of aliphatic hydroxyl groups is 1. The Balaban J connectivity index is 1.59. The molecule has 1 amide bonds. The predicted octanol–water partition coefficient (Wildman–Crippen LogP) is -1.96. The van der Waals surface area contributed by atoms with Gasteiger partial charge in [0.25, 0.3) is 10.2 Å². The molecular weight excluding hydrogens is 378 g/mol. The fourth-order valence-electron chi connectivity index (χ4n) is 2.54. The minimum absolute atomic E-state index is 0.00522. The zero-order valence-corrected chi connectivity index (χ0v) is 14.0. The molecule has 2 fully saturated rings. The Morgan fingerprint density at radius 1 is 1.19 bits per heavy atom. The van der Waals surface area contributed by atoms with Gasteiger partial charge >= 0.3 is 6.09 Å². The minimum Gasteiger partial charge on any atom is -0.441 e. The molecule has 2 saturated heterocycles. The summed E-state index contributed by atoms with van der Waals surface area (Å²) in [5, 5.41) is 30.1. The first-order valence-electron chi connectivity index (χ1n) is 7.88. The molecule has 0 aliphatic carbocycles. The van der Waals surface area contributed by atoms with Gasteiger partial charge in [-0.25, -0.2) is 4.79 Å². The van der Waals surface area contributed by atoms with Crippen LogP contribution in [0, 0.1) is 20.2 Å². The van der Waals surface area contributed by atoms with Crippen molar-refractivity contribution in [1.82, 2.24) is 5.32 Å². The molecule has 0 saturated carbocycles. The number of rotatable bonds is 11. The number of ether oxygens (including phenoxy) is 4. The van der Waals surface area contributed by atoms with Gasteiger partial charge in [0.05, 0.1) is 26.4 Å². The summed E-state index contributed by atoms with van der Waals surface area (Å²) >= 11 is 0. The van der Waals surface area contributed by atoms with E-state index in [2.05, 4.69) is 15.0 Å². The van der Waals surface area contributed by atoms with Crippen molar-refractivity contribution in [3.63, 3.8) is 0 Å². The number of carbonyl (C=O) groups excluding carboxylic acids is 1. The normalized spacial score (nSPS) is 27.4. The fourth-order valence-corrected chi connectivity index (χ4v) is 2.54. The number of hydrogen-bond acceptors (Lipinski definition) is 12. The number of nitrogens with zero attached hydrogens (tertiary/aromatic N) is 2. The Hall–Kier alpha value is -2.49. The highest BCUT2D eigenvalue weighted by molar-refractivity contribution is 5.67. The lowest BCUT2D eigenvalue weighted by molar-refractivity contribution is -0.790. The van der Waals surface area contributed by atoms with E-state index < -0.39 is 53.4 Å². The van der Waals surface area contributed by atoms with E-state index >= 15 is 0 Å². The maximum absolute atomic E-state index is 11.7. The first-order valence-corrected chi connectivity index (χ1v) is 7.88. The van der Waals surface area contributed by atoms with Gasteiger partial charge < -0.3 is 39.0 Å². The lowest BCUT2D eigenvalue weighted by Gasteiger charge is -2.17. The molecule has 15 heteroatoms. The second-order valence-corrected chi connectivity index (χ2v) is 5.58. The molecule has 0 aromatic heterocycles. The second kappa shape index (κ2) is 10.0. The molecular formula is C12H19N3O12. The van der Waals surface area contributed by atoms with Crippen molar-refractivity contribution in [2.24, 2.45) is 0 Å². The predicted molar refractivity (Wildman–Crippen MR) is 79.4 cm³/mol. The Morgan fingerprint density at radius 3 is 2.63 bits per heavy atom. The topological polar surface area (TPSA) is 191 Å². The van der Waals surface area contributed by atoms with Crippen molar-refractivity contribution in [2.45, 2.75) is 30.5 Å². The number of hydrogen-bond donors (Lipinski definition) is 2. The highest BCUT2D eigenvalue weighted by Crippen LogP contribution is 2.28. The molecule has 0 aromatic carbocycles. The van der Waals surface area contributed by atoms with Crippen molar-refractivity contribution in [3.8, 4) is 0 Å². The van der Waals surface area contributed by atoms with E-state index in [1.165, 1.54) is 0 Å². The Kier molecular flexibility index (Phi) is 7.71. The standard InChI is InChI=1S/C12H19N3O12/c16-8-5-23-11-9(6-24-10(8)11)26-12(17)13-1-2-22-3-7(27-15(20)21)4-25-14(18)19/h7-11,16H,1-6H2,(H,13,17)/t7?,8-,9-,10-,11-/m1/s1. The largest absolute Gasteiger partial charge is 0.441 e. The molecule has 2 heterocycles. The van der Waals surface area contributed by atoms with Crippen LogP contribution in [-0.2, 0) is 28.6 Å². The zero-order chi connectivity index (χ0) is 19.8. The van der Waals surface area contributed by atoms with Gasteiger partial charge in [-0.2, -0.15) is 0 Å². The summed E-state index contributed by atoms with van der Waals surface area (Å²) in [4.78, 5) is 40.3. The highest BCUT2D eigenvalue weighted by Gasteiger charge is 2.48. The summed E-state index contributed by atoms with van der Waals surface area (Å²) in [6.45, 7) is -0.888. The number of amides is 1. The van der Waals surface area contributed by atoms with Crippen LogP contribution in [0.2, 0.25) is 0 Å². The Morgan fingerprint density at radius 2 is 1.93 bits per heavy atom. The van der Waals surface area contributed by atoms with Crippen LogP contribution in [0.15, 0.2) is 0 Å². The van der Waals surface area contributed by atoms with E-state index in [-0.39, 0.29) is 33.0 Å². The van der Waals surface area contributed by atoms with Crippen LogP contribution in [0.1, 0.15) is 0 Å². The van der Waals surface area contributed by atoms with Gasteiger partial charge in [-0.1, -0.05) is 0 Å². The van der Waals surface area contributed by atoms with Gasteiger partial charge in [-0.05, 0) is 0 Å². The zero-order valence-electron chi connectivity index (χ0n) is 14.0. The molecule has 2 N–H and O–H groups in total. The Labute approximate surface area is 151 Å². The van der Waals surface area contributed by atoms with Crippen LogP contribution in [-0.4, -0.2) is 91.5 Å². The molecule has 5 atom stereocenters. The van der Waals surface area contributed by atoms with Crippen molar-refractivity contribution < 1.29 is 48.7 Å². The minimum atomic E-state index is -1.30. The van der Waals surface area contributed by atoms with Crippen molar-refractivity contribution in [1.29, 1.82) is 0 Å². The van der Waals surface area contributed by atoms with Gasteiger partial charge in [-0.3, -0.25) is 0 Å². The maximum atomic E-state index is 11.7. The molecule has 0 radical (unpaired) electrons. The number of fused-ring (bicyclic) bond motifs is 1. The van der Waals surface area contributed by atoms with Crippen LogP contribution in [0.5, 0.6) is 0 Å². The molecule has 2 aliphatic rings. The van der Waals surface area contributed by atoms with Gasteiger partial charge in [0.2, 0.25) is 0 Å². The van der Waals surface area contributed by atoms with E-state index in [9.17, 15) is 30.1 Å². The van der Waals surface area contributed by atoms with Crippen LogP contribution in [0.4, 0.5) is 4.79 Å². The molecule has 15 nitrogen and oxygen atoms in total. The van der Waals surface area contributed by atoms with Gasteiger partial charge in [0.15, 0.2) is 12.2 Å². The van der Waals surface area contributed by atoms with Crippen LogP contribution in [0.25, 0.3) is 0 Å².